The first-order chi connectivity index (χ1) is 7.83. The fraction of sp³-hybridized carbons (Fsp3) is 0.167. The summed E-state index contributed by atoms with van der Waals surface area (Å²) in [6, 6.07) is 2.28. The molecule has 0 aliphatic heterocycles. The van der Waals surface area contributed by atoms with Crippen LogP contribution >= 0.6 is 0 Å². The lowest BCUT2D eigenvalue weighted by Crippen LogP contribution is -2.00. The lowest BCUT2D eigenvalue weighted by Gasteiger charge is -2.05. The molecule has 0 aliphatic carbocycles. The highest BCUT2D eigenvalue weighted by Gasteiger charge is 2.22. The van der Waals surface area contributed by atoms with Gasteiger partial charge in [0.05, 0.1) is 0 Å². The number of alkyl halides is 3. The Morgan fingerprint density at radius 2 is 1.47 bits per heavy atom. The quantitative estimate of drug-likeness (QED) is 0.778. The Morgan fingerprint density at radius 3 is 1.88 bits per heavy atom. The van der Waals surface area contributed by atoms with Crippen molar-refractivity contribution < 1.29 is 23.4 Å². The number of allylic oxidation sites excluding steroid dienone is 2. The number of benzene rings is 1. The van der Waals surface area contributed by atoms with Gasteiger partial charge in [-0.25, -0.2) is 0 Å². The molecule has 0 spiro atoms. The Labute approximate surface area is 96.3 Å². The van der Waals surface area contributed by atoms with E-state index in [0.29, 0.717) is 11.6 Å². The summed E-state index contributed by atoms with van der Waals surface area (Å²) in [6.45, 7) is 1.72. The fourth-order valence-corrected chi connectivity index (χ4v) is 1.24. The summed E-state index contributed by atoms with van der Waals surface area (Å²) >= 11 is 0. The van der Waals surface area contributed by atoms with Gasteiger partial charge in [0.1, 0.15) is 11.5 Å². The molecule has 0 fully saturated rings. The number of phenolic OH excluding ortho intramolecular Hbond substituents is 2. The minimum atomic E-state index is -4.45. The van der Waals surface area contributed by atoms with E-state index in [4.69, 9.17) is 0 Å². The molecule has 0 amide bonds. The Hall–Kier alpha value is -1.91. The first-order valence-electron chi connectivity index (χ1n) is 4.78. The first-order valence-corrected chi connectivity index (χ1v) is 4.78. The number of aromatic hydroxyl groups is 2. The molecule has 0 bridgehead atoms. The average molecular weight is 244 g/mol. The van der Waals surface area contributed by atoms with Crippen LogP contribution in [0.4, 0.5) is 13.2 Å². The van der Waals surface area contributed by atoms with Crippen LogP contribution in [0.1, 0.15) is 18.1 Å². The average Bonchev–Trinajstić information content (AvgIpc) is 2.20. The lowest BCUT2D eigenvalue weighted by molar-refractivity contribution is -0.0790. The molecule has 2 nitrogen and oxygen atoms in total. The molecule has 1 aromatic rings. The van der Waals surface area contributed by atoms with Gasteiger partial charge in [0, 0.05) is 17.2 Å². The summed E-state index contributed by atoms with van der Waals surface area (Å²) in [4.78, 5) is 0. The predicted molar refractivity (Wildman–Crippen MR) is 59.6 cm³/mol. The van der Waals surface area contributed by atoms with Crippen molar-refractivity contribution in [1.29, 1.82) is 0 Å². The zero-order chi connectivity index (χ0) is 13.1. The van der Waals surface area contributed by atoms with Crippen molar-refractivity contribution in [3.63, 3.8) is 0 Å². The van der Waals surface area contributed by atoms with E-state index in [2.05, 4.69) is 0 Å². The Bertz CT molecular complexity index is 460. The molecule has 17 heavy (non-hydrogen) atoms. The summed E-state index contributed by atoms with van der Waals surface area (Å²) in [5.74, 6) is -0.515. The number of rotatable bonds is 2. The summed E-state index contributed by atoms with van der Waals surface area (Å²) in [5, 5.41) is 19.0. The molecule has 92 valence electrons. The van der Waals surface area contributed by atoms with E-state index in [-0.39, 0.29) is 23.1 Å². The highest BCUT2D eigenvalue weighted by molar-refractivity contribution is 5.67. The van der Waals surface area contributed by atoms with E-state index in [1.807, 2.05) is 0 Å². The zero-order valence-corrected chi connectivity index (χ0v) is 8.99. The van der Waals surface area contributed by atoms with E-state index >= 15 is 0 Å². The molecule has 0 unspecified atom stereocenters. The minimum absolute atomic E-state index is 0.00315. The minimum Gasteiger partial charge on any atom is -0.507 e. The first kappa shape index (κ1) is 13.2. The Kier molecular flexibility index (Phi) is 3.83. The Balaban J connectivity index is 3.12. The molecule has 5 heteroatoms. The van der Waals surface area contributed by atoms with Crippen molar-refractivity contribution in [3.05, 3.63) is 35.4 Å². The molecule has 0 radical (unpaired) electrons. The molecule has 0 saturated heterocycles. The maximum absolute atomic E-state index is 11.9. The molecular formula is C12H11F3O2. The molecule has 1 aromatic carbocycles. The van der Waals surface area contributed by atoms with Gasteiger partial charge in [-0.2, -0.15) is 13.2 Å². The van der Waals surface area contributed by atoms with E-state index in [0.717, 1.165) is 6.07 Å². The predicted octanol–water partition coefficient (Wildman–Crippen LogP) is 3.71. The third-order valence-corrected chi connectivity index (χ3v) is 1.97. The molecule has 0 heterocycles. The third kappa shape index (κ3) is 3.86. The van der Waals surface area contributed by atoms with Crippen molar-refractivity contribution in [2.75, 3.05) is 0 Å². The smallest absolute Gasteiger partial charge is 0.409 e. The van der Waals surface area contributed by atoms with Gasteiger partial charge in [-0.3, -0.25) is 0 Å². The van der Waals surface area contributed by atoms with Gasteiger partial charge in [0.15, 0.2) is 0 Å². The van der Waals surface area contributed by atoms with Crippen molar-refractivity contribution in [2.45, 2.75) is 13.1 Å². The summed E-state index contributed by atoms with van der Waals surface area (Å²) in [5.41, 5.74) is 0.252. The summed E-state index contributed by atoms with van der Waals surface area (Å²) in [7, 11) is 0. The molecule has 0 saturated carbocycles. The van der Waals surface area contributed by atoms with Gasteiger partial charge in [-0.05, 0) is 25.1 Å². The van der Waals surface area contributed by atoms with Crippen LogP contribution in [0.15, 0.2) is 24.3 Å². The van der Waals surface area contributed by atoms with E-state index in [1.165, 1.54) is 12.1 Å². The van der Waals surface area contributed by atoms with Crippen LogP contribution in [-0.2, 0) is 0 Å². The van der Waals surface area contributed by atoms with Gasteiger partial charge in [0.2, 0.25) is 0 Å². The molecule has 0 atom stereocenters. The van der Waals surface area contributed by atoms with Crippen molar-refractivity contribution in [3.8, 4) is 11.5 Å². The maximum Gasteiger partial charge on any atom is 0.409 e. The molecule has 1 rings (SSSR count). The maximum atomic E-state index is 11.9. The highest BCUT2D eigenvalue weighted by atomic mass is 19.4. The van der Waals surface area contributed by atoms with Crippen LogP contribution in [-0.4, -0.2) is 16.4 Å². The summed E-state index contributed by atoms with van der Waals surface area (Å²) < 4.78 is 35.8. The monoisotopic (exact) mass is 244 g/mol. The normalized spacial score (nSPS) is 12.7. The van der Waals surface area contributed by atoms with Gasteiger partial charge >= 0.3 is 6.18 Å². The highest BCUT2D eigenvalue weighted by Crippen LogP contribution is 2.30. The van der Waals surface area contributed by atoms with E-state index in [1.54, 1.807) is 13.0 Å². The molecule has 0 aromatic heterocycles. The van der Waals surface area contributed by atoms with Crippen LogP contribution < -0.4 is 0 Å². The number of halogens is 3. The van der Waals surface area contributed by atoms with Crippen molar-refractivity contribution in [2.24, 2.45) is 0 Å². The van der Waals surface area contributed by atoms with Crippen LogP contribution in [0.5, 0.6) is 11.5 Å². The number of phenols is 2. The van der Waals surface area contributed by atoms with Gasteiger partial charge in [-0.15, -0.1) is 0 Å². The number of hydrogen-bond donors (Lipinski definition) is 2. The van der Waals surface area contributed by atoms with E-state index < -0.39 is 6.18 Å². The van der Waals surface area contributed by atoms with Gasteiger partial charge in [-0.1, -0.05) is 12.2 Å². The van der Waals surface area contributed by atoms with Crippen LogP contribution in [0.3, 0.4) is 0 Å². The summed E-state index contributed by atoms with van der Waals surface area (Å²) in [6.07, 6.45) is -0.582. The molecule has 2 N–H and O–H groups in total. The van der Waals surface area contributed by atoms with Gasteiger partial charge < -0.3 is 10.2 Å². The molecular weight excluding hydrogens is 233 g/mol. The fourth-order valence-electron chi connectivity index (χ4n) is 1.24. The SMILES string of the molecule is C/C=C/c1cc(O)c(/C=C/C(F)(F)F)cc1O. The largest absolute Gasteiger partial charge is 0.507 e. The van der Waals surface area contributed by atoms with E-state index in [9.17, 15) is 23.4 Å². The second-order valence-corrected chi connectivity index (χ2v) is 3.34. The number of hydrogen-bond acceptors (Lipinski definition) is 2. The third-order valence-electron chi connectivity index (χ3n) is 1.97. The van der Waals surface area contributed by atoms with Crippen molar-refractivity contribution in [1.82, 2.24) is 0 Å². The topological polar surface area (TPSA) is 40.5 Å². The second kappa shape index (κ2) is 4.95. The van der Waals surface area contributed by atoms with Crippen LogP contribution in [0.2, 0.25) is 0 Å². The Morgan fingerprint density at radius 1 is 1.00 bits per heavy atom. The lowest BCUT2D eigenvalue weighted by atomic mass is 10.1. The van der Waals surface area contributed by atoms with Crippen LogP contribution in [0.25, 0.3) is 12.2 Å². The van der Waals surface area contributed by atoms with Gasteiger partial charge in [0.25, 0.3) is 0 Å². The zero-order valence-electron chi connectivity index (χ0n) is 8.99. The standard InChI is InChI=1S/C12H11F3O2/c1-2-3-8-6-11(17)9(7-10(8)16)4-5-12(13,14)15/h2-7,16-17H,1H3/b3-2+,5-4+. The molecule has 0 aliphatic rings. The second-order valence-electron chi connectivity index (χ2n) is 3.34. The van der Waals surface area contributed by atoms with Crippen molar-refractivity contribution >= 4 is 12.2 Å². The van der Waals surface area contributed by atoms with Crippen LogP contribution in [0, 0.1) is 0 Å².